The van der Waals surface area contributed by atoms with E-state index in [9.17, 15) is 18.7 Å². The second-order valence-electron chi connectivity index (χ2n) is 8.34. The Morgan fingerprint density at radius 1 is 1.09 bits per heavy atom. The third-order valence-electron chi connectivity index (χ3n) is 6.06. The fourth-order valence-corrected chi connectivity index (χ4v) is 5.88. The fourth-order valence-electron chi connectivity index (χ4n) is 4.36. The van der Waals surface area contributed by atoms with Gasteiger partial charge in [0.25, 0.3) is 5.91 Å². The lowest BCUT2D eigenvalue weighted by Crippen LogP contribution is -2.45. The fraction of sp³-hybridized carbons (Fsp3) is 0.364. The summed E-state index contributed by atoms with van der Waals surface area (Å²) in [6.45, 7) is 2.10. The van der Waals surface area contributed by atoms with Gasteiger partial charge in [-0.1, -0.05) is 24.3 Å². The van der Waals surface area contributed by atoms with Crippen molar-refractivity contribution in [2.24, 2.45) is 5.92 Å². The van der Waals surface area contributed by atoms with Crippen LogP contribution in [0.25, 0.3) is 0 Å². The third kappa shape index (κ3) is 4.59. The zero-order valence-electron chi connectivity index (χ0n) is 17.8. The van der Waals surface area contributed by atoms with Crippen LogP contribution in [0.3, 0.4) is 0 Å². The van der Waals surface area contributed by atoms with Crippen LogP contribution in [0, 0.1) is 5.92 Å². The number of likely N-dealkylation sites (N-methyl/N-ethyl adjacent to an activating group) is 1. The molecule has 0 radical (unpaired) electrons. The molecule has 4 rings (SSSR count). The molecule has 2 amide bonds. The zero-order chi connectivity index (χ0) is 22.9. The summed E-state index contributed by atoms with van der Waals surface area (Å²) in [5, 5.41) is 11.8. The molecule has 2 heterocycles. The highest BCUT2D eigenvalue weighted by atomic mass is 32.3. The van der Waals surface area contributed by atoms with Gasteiger partial charge in [-0.05, 0) is 36.9 Å². The first-order chi connectivity index (χ1) is 15.3. The number of nitrogens with one attached hydrogen (secondary N) is 2. The van der Waals surface area contributed by atoms with Crippen molar-refractivity contribution >= 4 is 28.1 Å². The molecule has 0 aromatic heterocycles. The molecule has 9 nitrogen and oxygen atoms in total. The monoisotopic (exact) mass is 460 g/mol. The number of hydroxylamine groups is 1. The second-order valence-corrected chi connectivity index (χ2v) is 10.5. The Labute approximate surface area is 188 Å². The number of rotatable bonds is 5. The van der Waals surface area contributed by atoms with E-state index in [1.165, 1.54) is 0 Å². The number of carbonyl (C=O) groups excluding carboxylic acids is 2. The Balaban J connectivity index is 1.43. The van der Waals surface area contributed by atoms with Gasteiger partial charge in [0.15, 0.2) is 0 Å². The van der Waals surface area contributed by atoms with Gasteiger partial charge in [0.2, 0.25) is 5.91 Å². The topological polar surface area (TPSA) is 125 Å². The van der Waals surface area contributed by atoms with E-state index in [4.69, 9.17) is 5.21 Å². The lowest BCUT2D eigenvalue weighted by Gasteiger charge is -2.43. The summed E-state index contributed by atoms with van der Waals surface area (Å²) in [6, 6.07) is 14.2. The second kappa shape index (κ2) is 9.08. The lowest BCUT2D eigenvalue weighted by molar-refractivity contribution is -0.133. The molecule has 0 aliphatic carbocycles. The van der Waals surface area contributed by atoms with Crippen molar-refractivity contribution < 1.29 is 23.9 Å². The molecule has 1 saturated heterocycles. The summed E-state index contributed by atoms with van der Waals surface area (Å²) in [7, 11) is -0.898. The molecule has 2 atom stereocenters. The number of nitrogens with zero attached hydrogens (tertiary/aromatic N) is 2. The van der Waals surface area contributed by atoms with Crippen molar-refractivity contribution in [1.82, 2.24) is 15.7 Å². The largest absolute Gasteiger partial charge is 0.364 e. The summed E-state index contributed by atoms with van der Waals surface area (Å²) in [5.41, 5.74) is 3.98. The van der Waals surface area contributed by atoms with Crippen molar-refractivity contribution in [2.45, 2.75) is 17.5 Å². The Kier molecular flexibility index (Phi) is 6.40. The lowest BCUT2D eigenvalue weighted by atomic mass is 10.0. The van der Waals surface area contributed by atoms with Crippen LogP contribution in [0.4, 0.5) is 5.69 Å². The van der Waals surface area contributed by atoms with Gasteiger partial charge in [-0.3, -0.25) is 23.9 Å². The molecule has 10 heteroatoms. The van der Waals surface area contributed by atoms with Crippen LogP contribution < -0.4 is 15.7 Å². The Morgan fingerprint density at radius 3 is 2.53 bits per heavy atom. The van der Waals surface area contributed by atoms with Gasteiger partial charge in [0, 0.05) is 31.7 Å². The Bertz CT molecular complexity index is 1000. The molecule has 0 saturated carbocycles. The number of carbonyl (C=O) groups is 2. The zero-order valence-corrected chi connectivity index (χ0v) is 18.6. The van der Waals surface area contributed by atoms with Gasteiger partial charge in [-0.15, -0.1) is 0 Å². The maximum atomic E-state index is 12.7. The smallest absolute Gasteiger partial charge is 0.251 e. The molecule has 2 aliphatic rings. The average molecular weight is 461 g/mol. The highest BCUT2D eigenvalue weighted by Gasteiger charge is 2.37. The maximum absolute atomic E-state index is 12.7. The molecule has 32 heavy (non-hydrogen) atoms. The number of anilines is 1. The Hall–Kier alpha value is -2.63. The predicted octanol–water partition coefficient (Wildman–Crippen LogP) is 1.98. The van der Waals surface area contributed by atoms with Crippen molar-refractivity contribution in [3.8, 4) is 0 Å². The molecule has 172 valence electrons. The van der Waals surface area contributed by atoms with Crippen LogP contribution in [0.1, 0.15) is 15.9 Å². The molecule has 2 aromatic rings. The number of fused-ring (bicyclic) bond motifs is 1. The van der Waals surface area contributed by atoms with Gasteiger partial charge in [0.05, 0.1) is 28.3 Å². The van der Waals surface area contributed by atoms with Crippen LogP contribution in [-0.4, -0.2) is 69.5 Å². The van der Waals surface area contributed by atoms with E-state index in [0.717, 1.165) is 11.3 Å². The summed E-state index contributed by atoms with van der Waals surface area (Å²) in [5.74, 6) is -0.999. The average Bonchev–Trinajstić information content (AvgIpc) is 3.15. The summed E-state index contributed by atoms with van der Waals surface area (Å²) >= 11 is 0. The quantitative estimate of drug-likeness (QED) is 0.341. The number of hydrogen-bond donors (Lipinski definition) is 5. The van der Waals surface area contributed by atoms with E-state index in [-0.39, 0.29) is 11.9 Å². The molecule has 0 unspecified atom stereocenters. The SMILES string of the molecule is CN1C[C@H](C(=O)NO)[C@H](NC(=O)c2ccc(CN3CCS(O)(O)c4ccccc43)cc2)C1. The van der Waals surface area contributed by atoms with Crippen molar-refractivity contribution in [3.05, 3.63) is 59.7 Å². The van der Waals surface area contributed by atoms with Gasteiger partial charge in [-0.2, -0.15) is 10.6 Å². The molecule has 2 aromatic carbocycles. The van der Waals surface area contributed by atoms with E-state index in [1.807, 2.05) is 36.2 Å². The van der Waals surface area contributed by atoms with Gasteiger partial charge < -0.3 is 15.1 Å². The Morgan fingerprint density at radius 2 is 1.81 bits per heavy atom. The number of benzene rings is 2. The first kappa shape index (κ1) is 22.6. The van der Waals surface area contributed by atoms with E-state index in [0.29, 0.717) is 42.4 Å². The summed E-state index contributed by atoms with van der Waals surface area (Å²) < 4.78 is 20.7. The van der Waals surface area contributed by atoms with Crippen LogP contribution in [0.15, 0.2) is 53.4 Å². The maximum Gasteiger partial charge on any atom is 0.251 e. The van der Waals surface area contributed by atoms with Crippen molar-refractivity contribution in [2.75, 3.05) is 37.3 Å². The minimum atomic E-state index is -2.76. The number of likely N-dealkylation sites (tertiary alicyclic amines) is 1. The summed E-state index contributed by atoms with van der Waals surface area (Å²) in [6.07, 6.45) is 0. The molecule has 0 bridgehead atoms. The molecule has 1 fully saturated rings. The minimum absolute atomic E-state index is 0.273. The molecule has 5 N–H and O–H groups in total. The highest BCUT2D eigenvalue weighted by molar-refractivity contribution is 8.24. The van der Waals surface area contributed by atoms with Crippen LogP contribution in [0.5, 0.6) is 0 Å². The minimum Gasteiger partial charge on any atom is -0.364 e. The predicted molar refractivity (Wildman–Crippen MR) is 122 cm³/mol. The van der Waals surface area contributed by atoms with E-state index in [1.54, 1.807) is 29.7 Å². The van der Waals surface area contributed by atoms with Gasteiger partial charge in [0.1, 0.15) is 0 Å². The van der Waals surface area contributed by atoms with Crippen molar-refractivity contribution in [1.29, 1.82) is 0 Å². The number of hydrogen-bond acceptors (Lipinski definition) is 7. The van der Waals surface area contributed by atoms with E-state index < -0.39 is 22.4 Å². The molecular formula is C22H28N4O5S. The van der Waals surface area contributed by atoms with E-state index in [2.05, 4.69) is 10.2 Å². The third-order valence-corrected chi connectivity index (χ3v) is 7.86. The number of amides is 2. The normalized spacial score (nSPS) is 23.3. The van der Waals surface area contributed by atoms with Crippen molar-refractivity contribution in [3.63, 3.8) is 0 Å². The van der Waals surface area contributed by atoms with Crippen LogP contribution in [0.2, 0.25) is 0 Å². The number of para-hydroxylation sites is 1. The summed E-state index contributed by atoms with van der Waals surface area (Å²) in [4.78, 5) is 29.2. The first-order valence-electron chi connectivity index (χ1n) is 10.4. The van der Waals surface area contributed by atoms with E-state index >= 15 is 0 Å². The molecular weight excluding hydrogens is 432 g/mol. The molecule has 0 spiro atoms. The molecule has 2 aliphatic heterocycles. The standard InChI is InChI=1S/C22H28N4O5S/c1-25-13-17(22(28)24-29)18(14-25)23-21(27)16-8-6-15(7-9-16)12-26-10-11-32(30,31)20-5-3-2-4-19(20)26/h2-9,17-18,29-31H,10-14H2,1H3,(H,23,27)(H,24,28)/t17-,18+/m0/s1. The highest BCUT2D eigenvalue weighted by Crippen LogP contribution is 2.55. The first-order valence-corrected chi connectivity index (χ1v) is 12.1. The van der Waals surface area contributed by atoms with Crippen LogP contribution in [-0.2, 0) is 11.3 Å². The van der Waals surface area contributed by atoms with Gasteiger partial charge in [-0.25, -0.2) is 5.48 Å². The van der Waals surface area contributed by atoms with Gasteiger partial charge >= 0.3 is 0 Å². The van der Waals surface area contributed by atoms with Crippen LogP contribution >= 0.6 is 10.6 Å².